The molecule has 0 amide bonds. The number of hydrogen-bond donors (Lipinski definition) is 0. The summed E-state index contributed by atoms with van der Waals surface area (Å²) in [5, 5.41) is 7.52. The van der Waals surface area contributed by atoms with Crippen LogP contribution in [0.5, 0.6) is 0 Å². The van der Waals surface area contributed by atoms with E-state index in [0.717, 1.165) is 0 Å². The average Bonchev–Trinajstić information content (AvgIpc) is 3.40. The number of terminal acetylenes is 6. The van der Waals surface area contributed by atoms with Crippen molar-refractivity contribution in [2.24, 2.45) is 0 Å². The van der Waals surface area contributed by atoms with Crippen LogP contribution in [0.2, 0.25) is 0 Å². The van der Waals surface area contributed by atoms with Crippen LogP contribution in [0.1, 0.15) is 33.4 Å². The second-order valence-corrected chi connectivity index (χ2v) is 14.7. The minimum atomic E-state index is 0.599. The van der Waals surface area contributed by atoms with Crippen molar-refractivity contribution in [3.63, 3.8) is 0 Å². The van der Waals surface area contributed by atoms with Crippen LogP contribution >= 0.6 is 0 Å². The van der Waals surface area contributed by atoms with Gasteiger partial charge in [-0.2, -0.15) is 0 Å². The molecule has 12 bridgehead atoms. The SMILES string of the molecule is C#Cc1cc2c#cc#cc3cc(C#C)cc(c#cc#cc4cc(C#C)cc(c#cc#cc5cc(C#C)cc(c#cc#cc6cc(C#C)cc(c#cc#cc7cc(C#C)cc(c#cc#cc(c1)c2)c7)c6)c5)c4)c3. The second-order valence-electron chi connectivity index (χ2n) is 14.7. The highest BCUT2D eigenvalue weighted by atomic mass is 14.0. The monoisotopic (exact) mass is 888 g/mol. The highest BCUT2D eigenvalue weighted by Gasteiger charge is 1.94. The summed E-state index contributed by atoms with van der Waals surface area (Å²) in [6.07, 6.45) is 34.6. The molecule has 0 fully saturated rings. The zero-order valence-electron chi connectivity index (χ0n) is 37.9. The molecular weight excluding hydrogens is 865 g/mol. The summed E-state index contributed by atoms with van der Waals surface area (Å²) in [4.78, 5) is 0. The van der Waals surface area contributed by atoms with Gasteiger partial charge in [-0.3, -0.25) is 0 Å². The maximum Gasteiger partial charge on any atom is 0.0280 e. The third kappa shape index (κ3) is 14.2. The van der Waals surface area contributed by atoms with E-state index in [1.165, 1.54) is 0 Å². The van der Waals surface area contributed by atoms with Crippen molar-refractivity contribution in [2.75, 3.05) is 0 Å². The number of benzene rings is 6. The summed E-state index contributed by atoms with van der Waals surface area (Å²) in [6.45, 7) is 0. The summed E-state index contributed by atoms with van der Waals surface area (Å²) in [6, 6.07) is 103. The molecule has 0 unspecified atom stereocenters. The molecule has 0 aromatic heterocycles. The van der Waals surface area contributed by atoms with Gasteiger partial charge in [0.1, 0.15) is 0 Å². The molecule has 0 heteroatoms. The topological polar surface area (TPSA) is 0 Å². The van der Waals surface area contributed by atoms with Crippen LogP contribution in [0.3, 0.4) is 0 Å². The van der Waals surface area contributed by atoms with Crippen LogP contribution in [0.15, 0.2) is 109 Å². The van der Waals surface area contributed by atoms with Crippen LogP contribution in [0, 0.1) is 220 Å². The van der Waals surface area contributed by atoms with E-state index in [9.17, 15) is 0 Å². The minimum absolute atomic E-state index is 0.599. The Kier molecular flexibility index (Phi) is 15.8. The highest BCUT2D eigenvalue weighted by molar-refractivity contribution is 5.73. The van der Waals surface area contributed by atoms with Crippen LogP contribution in [-0.4, -0.2) is 0 Å². The largest absolute Gasteiger partial charge is 0.115 e. The van der Waals surface area contributed by atoms with Crippen molar-refractivity contribution < 1.29 is 0 Å². The number of rotatable bonds is 0. The molecule has 312 valence electrons. The summed E-state index contributed by atoms with van der Waals surface area (Å²) < 4.78 is 0. The van der Waals surface area contributed by atoms with Crippen molar-refractivity contribution in [3.8, 4) is 74.1 Å². The van der Waals surface area contributed by atoms with Crippen molar-refractivity contribution in [3.05, 3.63) is 288 Å². The predicted octanol–water partition coefficient (Wildman–Crippen LogP) is 12.1. The van der Waals surface area contributed by atoms with E-state index in [-0.39, 0.29) is 0 Å². The predicted molar refractivity (Wildman–Crippen MR) is 283 cm³/mol. The van der Waals surface area contributed by atoms with E-state index in [0.29, 0.717) is 98.0 Å². The quantitative estimate of drug-likeness (QED) is 0.133. The first-order valence-electron chi connectivity index (χ1n) is 21.1. The summed E-state index contributed by atoms with van der Waals surface area (Å²) in [5.41, 5.74) is 3.59. The highest BCUT2D eigenvalue weighted by Crippen LogP contribution is 2.13. The van der Waals surface area contributed by atoms with Gasteiger partial charge in [-0.1, -0.05) is 108 Å². The Morgan fingerprint density at radius 1 is 0.167 bits per heavy atom. The van der Waals surface area contributed by atoms with Crippen molar-refractivity contribution in [1.82, 2.24) is 0 Å². The zero-order valence-corrected chi connectivity index (χ0v) is 37.9. The Hall–Kier alpha value is -12.6. The molecule has 0 atom stereocenters. The Balaban J connectivity index is 1.36. The van der Waals surface area contributed by atoms with E-state index in [2.05, 4.69) is 181 Å². The first kappa shape index (κ1) is 47.4. The third-order valence-corrected chi connectivity index (χ3v) is 9.46. The van der Waals surface area contributed by atoms with Gasteiger partial charge in [0, 0.05) is 98.0 Å². The van der Waals surface area contributed by atoms with Gasteiger partial charge in [0.15, 0.2) is 0 Å². The Labute approximate surface area is 424 Å². The lowest BCUT2D eigenvalue weighted by molar-refractivity contribution is 1.73. The van der Waals surface area contributed by atoms with E-state index in [1.54, 1.807) is 109 Å². The second kappa shape index (κ2) is 24.1. The fourth-order valence-corrected chi connectivity index (χ4v) is 6.37. The molecule has 0 aliphatic rings. The lowest BCUT2D eigenvalue weighted by atomic mass is 10.1. The van der Waals surface area contributed by atoms with E-state index in [1.807, 2.05) is 0 Å². The molecule has 0 aliphatic heterocycles. The Morgan fingerprint density at radius 2 is 0.264 bits per heavy atom. The van der Waals surface area contributed by atoms with Gasteiger partial charge in [-0.15, -0.1) is 38.5 Å². The van der Waals surface area contributed by atoms with Gasteiger partial charge < -0.3 is 0 Å². The molecule has 0 nitrogen and oxygen atoms in total. The molecule has 0 heterocycles. The van der Waals surface area contributed by atoms with E-state index >= 15 is 0 Å². The normalized spacial score (nSPS) is 8.25. The molecule has 7 aromatic rings. The third-order valence-electron chi connectivity index (χ3n) is 9.46. The first-order valence-corrected chi connectivity index (χ1v) is 21.1. The lowest BCUT2D eigenvalue weighted by Crippen LogP contribution is -1.72. The van der Waals surface area contributed by atoms with Crippen molar-refractivity contribution in [1.29, 1.82) is 0 Å². The van der Waals surface area contributed by atoms with Gasteiger partial charge in [-0.05, 0) is 182 Å². The van der Waals surface area contributed by atoms with E-state index < -0.39 is 0 Å². The molecule has 0 aliphatic carbocycles. The minimum Gasteiger partial charge on any atom is -0.115 e. The molecule has 0 radical (unpaired) electrons. The lowest BCUT2D eigenvalue weighted by Gasteiger charge is -1.90. The van der Waals surface area contributed by atoms with E-state index in [4.69, 9.17) is 38.5 Å². The molecular formula is C72H24. The number of fused-ring (bicyclic) bond motifs is 12. The Morgan fingerprint density at radius 3 is 0.347 bits per heavy atom. The van der Waals surface area contributed by atoms with Gasteiger partial charge in [0.2, 0.25) is 0 Å². The van der Waals surface area contributed by atoms with Crippen LogP contribution < -0.4 is 0 Å². The molecule has 7 rings (SSSR count). The average molecular weight is 889 g/mol. The Bertz CT molecular complexity index is 3170. The van der Waals surface area contributed by atoms with Crippen molar-refractivity contribution in [2.45, 2.75) is 0 Å². The summed E-state index contributed by atoms with van der Waals surface area (Å²) in [7, 11) is 0. The fourth-order valence-electron chi connectivity index (χ4n) is 6.37. The van der Waals surface area contributed by atoms with Gasteiger partial charge in [0.05, 0.1) is 0 Å². The molecule has 0 saturated heterocycles. The van der Waals surface area contributed by atoms with Crippen LogP contribution in [0.4, 0.5) is 0 Å². The summed E-state index contributed by atoms with van der Waals surface area (Å²) in [5.74, 6) is 15.9. The maximum atomic E-state index is 5.77. The maximum absolute atomic E-state index is 5.77. The zero-order chi connectivity index (χ0) is 50.3. The van der Waals surface area contributed by atoms with Gasteiger partial charge >= 0.3 is 0 Å². The summed E-state index contributed by atoms with van der Waals surface area (Å²) >= 11 is 0. The molecule has 72 heavy (non-hydrogen) atoms. The fraction of sp³-hybridized carbons (Fsp3) is 0. The molecule has 7 aromatic carbocycles. The molecule has 0 saturated carbocycles. The molecule has 0 N–H and O–H groups in total. The smallest absolute Gasteiger partial charge is 0.0280 e. The standard InChI is InChI=1S/C72H24/c1-7-55-37-61-25-13-15-27-63-39-56(8-2)41-65(50-63)29-17-19-31-67-43-58(10-4)45-69(52-67)33-21-23-35-71-47-60(12-6)48-72(54-71)36-24-22-34-70-46-59(11-5)44-68(53-70)32-20-18-30-66-42-57(9-3)40-64(51-66)28-16-14-26-62(38-55)49-61/h1-6,37-54H. The van der Waals surface area contributed by atoms with Gasteiger partial charge in [0.25, 0.3) is 0 Å². The molecule has 0 spiro atoms. The number of hydrogen-bond acceptors (Lipinski definition) is 0. The first-order chi connectivity index (χ1) is 35.3. The van der Waals surface area contributed by atoms with Crippen LogP contribution in [-0.2, 0) is 0 Å². The van der Waals surface area contributed by atoms with Gasteiger partial charge in [-0.25, -0.2) is 0 Å². The van der Waals surface area contributed by atoms with Crippen LogP contribution in [0.25, 0.3) is 64.6 Å². The van der Waals surface area contributed by atoms with Crippen molar-refractivity contribution >= 4 is 64.6 Å².